The maximum atomic E-state index is 11.5. The Morgan fingerprint density at radius 1 is 1.56 bits per heavy atom. The molecule has 4 nitrogen and oxygen atoms in total. The number of esters is 1. The van der Waals surface area contributed by atoms with Crippen LogP contribution in [0.4, 0.5) is 5.00 Å². The van der Waals surface area contributed by atoms with Gasteiger partial charge in [0.05, 0.1) is 17.0 Å². The van der Waals surface area contributed by atoms with Crippen molar-refractivity contribution < 1.29 is 14.3 Å². The fourth-order valence-corrected chi connectivity index (χ4v) is 2.39. The highest BCUT2D eigenvalue weighted by Gasteiger charge is 2.31. The minimum absolute atomic E-state index is 0.0522. The standard InChI is InChI=1S/C10H10ClNO3S/c1-15-10(14)6-4-7(11)16-9(6)12-8(13)5-2-3-5/h4-5H,2-3H2,1H3,(H,12,13). The molecule has 1 aliphatic rings. The summed E-state index contributed by atoms with van der Waals surface area (Å²) in [5.74, 6) is -0.454. The SMILES string of the molecule is COC(=O)c1cc(Cl)sc1NC(=O)C1CC1. The van der Waals surface area contributed by atoms with Crippen molar-refractivity contribution in [3.63, 3.8) is 0 Å². The number of rotatable bonds is 3. The number of thiophene rings is 1. The van der Waals surface area contributed by atoms with Gasteiger partial charge < -0.3 is 10.1 Å². The molecule has 1 amide bonds. The highest BCUT2D eigenvalue weighted by molar-refractivity contribution is 7.20. The summed E-state index contributed by atoms with van der Waals surface area (Å²) in [6.45, 7) is 0. The molecule has 1 aromatic rings. The summed E-state index contributed by atoms with van der Waals surface area (Å²) in [6, 6.07) is 1.50. The minimum atomic E-state index is -0.491. The first-order valence-electron chi connectivity index (χ1n) is 4.80. The molecule has 1 fully saturated rings. The van der Waals surface area contributed by atoms with E-state index in [1.54, 1.807) is 0 Å². The molecule has 0 atom stereocenters. The topological polar surface area (TPSA) is 55.4 Å². The minimum Gasteiger partial charge on any atom is -0.465 e. The van der Waals surface area contributed by atoms with Crippen LogP contribution in [0.25, 0.3) is 0 Å². The summed E-state index contributed by atoms with van der Waals surface area (Å²) >= 11 is 6.97. The number of carbonyl (C=O) groups is 2. The number of methoxy groups -OCH3 is 1. The quantitative estimate of drug-likeness (QED) is 0.849. The summed E-state index contributed by atoms with van der Waals surface area (Å²) in [5, 5.41) is 3.17. The largest absolute Gasteiger partial charge is 0.465 e. The fourth-order valence-electron chi connectivity index (χ4n) is 1.27. The van der Waals surface area contributed by atoms with Gasteiger partial charge in [0.15, 0.2) is 0 Å². The van der Waals surface area contributed by atoms with Crippen molar-refractivity contribution in [1.29, 1.82) is 0 Å². The second kappa shape index (κ2) is 4.43. The third-order valence-corrected chi connectivity index (χ3v) is 3.47. The number of ether oxygens (including phenoxy) is 1. The molecule has 0 spiro atoms. The van der Waals surface area contributed by atoms with Crippen LogP contribution in [0.15, 0.2) is 6.07 Å². The summed E-state index contributed by atoms with van der Waals surface area (Å²) in [6.07, 6.45) is 1.83. The molecule has 2 rings (SSSR count). The summed E-state index contributed by atoms with van der Waals surface area (Å²) < 4.78 is 5.06. The van der Waals surface area contributed by atoms with Gasteiger partial charge in [0, 0.05) is 5.92 Å². The van der Waals surface area contributed by atoms with E-state index in [1.165, 1.54) is 13.2 Å². The van der Waals surface area contributed by atoms with Gasteiger partial charge in [-0.2, -0.15) is 0 Å². The van der Waals surface area contributed by atoms with Crippen LogP contribution in [0.3, 0.4) is 0 Å². The van der Waals surface area contributed by atoms with Gasteiger partial charge in [-0.1, -0.05) is 11.6 Å². The number of halogens is 1. The zero-order valence-electron chi connectivity index (χ0n) is 8.58. The zero-order chi connectivity index (χ0) is 11.7. The van der Waals surface area contributed by atoms with Crippen molar-refractivity contribution >= 4 is 39.8 Å². The highest BCUT2D eigenvalue weighted by atomic mass is 35.5. The maximum absolute atomic E-state index is 11.5. The molecule has 1 aliphatic carbocycles. The summed E-state index contributed by atoms with van der Waals surface area (Å²) in [4.78, 5) is 22.9. The first kappa shape index (κ1) is 11.4. The molecule has 1 N–H and O–H groups in total. The lowest BCUT2D eigenvalue weighted by molar-refractivity contribution is -0.117. The first-order chi connectivity index (χ1) is 7.61. The van der Waals surface area contributed by atoms with Crippen molar-refractivity contribution in [2.24, 2.45) is 5.92 Å². The van der Waals surface area contributed by atoms with Crippen molar-refractivity contribution in [3.8, 4) is 0 Å². The number of hydrogen-bond acceptors (Lipinski definition) is 4. The Balaban J connectivity index is 2.18. The van der Waals surface area contributed by atoms with Gasteiger partial charge in [0.1, 0.15) is 5.00 Å². The Morgan fingerprint density at radius 2 is 2.25 bits per heavy atom. The van der Waals surface area contributed by atoms with Gasteiger partial charge in [0.25, 0.3) is 0 Å². The van der Waals surface area contributed by atoms with Crippen molar-refractivity contribution in [1.82, 2.24) is 0 Å². The van der Waals surface area contributed by atoms with Crippen molar-refractivity contribution in [2.45, 2.75) is 12.8 Å². The molecule has 1 aromatic heterocycles. The Labute approximate surface area is 102 Å². The maximum Gasteiger partial charge on any atom is 0.340 e. The van der Waals surface area contributed by atoms with Gasteiger partial charge >= 0.3 is 5.97 Å². The summed E-state index contributed by atoms with van der Waals surface area (Å²) in [7, 11) is 1.29. The van der Waals surface area contributed by atoms with Crippen LogP contribution in [0, 0.1) is 5.92 Å². The predicted octanol–water partition coefficient (Wildman–Crippen LogP) is 2.54. The number of nitrogens with one attached hydrogen (secondary N) is 1. The molecule has 86 valence electrons. The lowest BCUT2D eigenvalue weighted by Crippen LogP contribution is -2.14. The van der Waals surface area contributed by atoms with Crippen molar-refractivity contribution in [2.75, 3.05) is 12.4 Å². The number of hydrogen-bond donors (Lipinski definition) is 1. The molecule has 0 aliphatic heterocycles. The van der Waals surface area contributed by atoms with Crippen LogP contribution in [0.5, 0.6) is 0 Å². The molecule has 0 unspecified atom stereocenters. The average Bonchev–Trinajstić information content (AvgIpc) is 3.03. The second-order valence-electron chi connectivity index (χ2n) is 3.55. The van der Waals surface area contributed by atoms with E-state index >= 15 is 0 Å². The third kappa shape index (κ3) is 2.36. The normalized spacial score (nSPS) is 14.6. The monoisotopic (exact) mass is 259 g/mol. The van der Waals surface area contributed by atoms with Crippen molar-refractivity contribution in [3.05, 3.63) is 16.0 Å². The predicted molar refractivity (Wildman–Crippen MR) is 62.0 cm³/mol. The van der Waals surface area contributed by atoms with E-state index in [0.29, 0.717) is 14.9 Å². The van der Waals surface area contributed by atoms with Gasteiger partial charge in [-0.3, -0.25) is 4.79 Å². The van der Waals surface area contributed by atoms with E-state index in [-0.39, 0.29) is 11.8 Å². The van der Waals surface area contributed by atoms with Gasteiger partial charge in [0.2, 0.25) is 5.91 Å². The van der Waals surface area contributed by atoms with Crippen LogP contribution in [0.1, 0.15) is 23.2 Å². The smallest absolute Gasteiger partial charge is 0.340 e. The van der Waals surface area contributed by atoms with Crippen LogP contribution in [0.2, 0.25) is 4.34 Å². The molecule has 6 heteroatoms. The Morgan fingerprint density at radius 3 is 2.81 bits per heavy atom. The van der Waals surface area contributed by atoms with Crippen LogP contribution in [-0.2, 0) is 9.53 Å². The third-order valence-electron chi connectivity index (χ3n) is 2.29. The van der Waals surface area contributed by atoms with Crippen LogP contribution >= 0.6 is 22.9 Å². The van der Waals surface area contributed by atoms with Crippen LogP contribution < -0.4 is 5.32 Å². The molecule has 16 heavy (non-hydrogen) atoms. The molecule has 0 bridgehead atoms. The Kier molecular flexibility index (Phi) is 3.16. The first-order valence-corrected chi connectivity index (χ1v) is 5.99. The lowest BCUT2D eigenvalue weighted by Gasteiger charge is -2.03. The van der Waals surface area contributed by atoms with E-state index in [0.717, 1.165) is 24.2 Å². The van der Waals surface area contributed by atoms with Gasteiger partial charge in [-0.05, 0) is 18.9 Å². The van der Waals surface area contributed by atoms with E-state index in [2.05, 4.69) is 10.1 Å². The van der Waals surface area contributed by atoms with Gasteiger partial charge in [-0.15, -0.1) is 11.3 Å². The summed E-state index contributed by atoms with van der Waals surface area (Å²) in [5.41, 5.74) is 0.312. The number of amides is 1. The lowest BCUT2D eigenvalue weighted by atomic mass is 10.3. The van der Waals surface area contributed by atoms with E-state index in [9.17, 15) is 9.59 Å². The van der Waals surface area contributed by atoms with Gasteiger partial charge in [-0.25, -0.2) is 4.79 Å². The second-order valence-corrected chi connectivity index (χ2v) is 5.23. The van der Waals surface area contributed by atoms with E-state index in [4.69, 9.17) is 11.6 Å². The number of anilines is 1. The zero-order valence-corrected chi connectivity index (χ0v) is 10.2. The molecular weight excluding hydrogens is 250 g/mol. The molecular formula is C10H10ClNO3S. The number of carbonyl (C=O) groups excluding carboxylic acids is 2. The highest BCUT2D eigenvalue weighted by Crippen LogP contribution is 2.35. The Hall–Kier alpha value is -1.07. The fraction of sp³-hybridized carbons (Fsp3) is 0.400. The van der Waals surface area contributed by atoms with E-state index < -0.39 is 5.97 Å². The Bertz CT molecular complexity index is 439. The molecule has 1 heterocycles. The molecule has 0 saturated heterocycles. The average molecular weight is 260 g/mol. The molecule has 0 radical (unpaired) electrons. The van der Waals surface area contributed by atoms with Crippen LogP contribution in [-0.4, -0.2) is 19.0 Å². The van der Waals surface area contributed by atoms with E-state index in [1.807, 2.05) is 0 Å². The molecule has 0 aromatic carbocycles. The molecule has 1 saturated carbocycles.